The summed E-state index contributed by atoms with van der Waals surface area (Å²) in [6.07, 6.45) is 0. The van der Waals surface area contributed by atoms with Gasteiger partial charge in [0.05, 0.1) is 13.7 Å². The first-order valence-electron chi connectivity index (χ1n) is 19.6. The van der Waals surface area contributed by atoms with Crippen LogP contribution in [0.25, 0.3) is 88.0 Å². The Morgan fingerprint density at radius 3 is 1.53 bits per heavy atom. The normalized spacial score (nSPS) is 14.7. The Balaban J connectivity index is 1.23. The zero-order chi connectivity index (χ0) is 38.4. The molecule has 1 aromatic heterocycles. The molecule has 0 unspecified atom stereocenters. The number of furan rings is 1. The molecule has 9 rings (SSSR count). The minimum absolute atomic E-state index is 0.122. The second-order valence-corrected chi connectivity index (χ2v) is 10.9. The molecule has 210 valence electrons. The Morgan fingerprint density at radius 2 is 0.911 bits per heavy atom. The fourth-order valence-corrected chi connectivity index (χ4v) is 6.52. The summed E-state index contributed by atoms with van der Waals surface area (Å²) in [5.74, 6) is 0. The molecule has 0 radical (unpaired) electrons. The van der Waals surface area contributed by atoms with Gasteiger partial charge in [0, 0.05) is 10.8 Å². The van der Waals surface area contributed by atoms with Gasteiger partial charge >= 0.3 is 0 Å². The highest BCUT2D eigenvalue weighted by Crippen LogP contribution is 2.45. The van der Waals surface area contributed by atoms with Gasteiger partial charge in [0.2, 0.25) is 0 Å². The van der Waals surface area contributed by atoms with Crippen molar-refractivity contribution in [1.82, 2.24) is 0 Å². The molecule has 8 aromatic carbocycles. The van der Waals surface area contributed by atoms with E-state index >= 15 is 0 Å². The van der Waals surface area contributed by atoms with Crippen LogP contribution < -0.4 is 0 Å². The Morgan fingerprint density at radius 1 is 0.378 bits per heavy atom. The fraction of sp³-hybridized carbons (Fsp3) is 0. The maximum Gasteiger partial charge on any atom is 0.136 e. The molecule has 1 nitrogen and oxygen atoms in total. The van der Waals surface area contributed by atoms with Crippen LogP contribution in [0.4, 0.5) is 0 Å². The minimum atomic E-state index is -0.441. The summed E-state index contributed by atoms with van der Waals surface area (Å²) in [4.78, 5) is 0. The molecule has 0 aliphatic carbocycles. The second kappa shape index (κ2) is 10.4. The van der Waals surface area contributed by atoms with Gasteiger partial charge in [-0.25, -0.2) is 0 Å². The van der Waals surface area contributed by atoms with Crippen molar-refractivity contribution in [2.24, 2.45) is 0 Å². The van der Waals surface area contributed by atoms with E-state index in [4.69, 9.17) is 18.1 Å². The Labute approximate surface area is 275 Å². The number of hydrogen-bond acceptors (Lipinski definition) is 1. The smallest absolute Gasteiger partial charge is 0.136 e. The van der Waals surface area contributed by atoms with Gasteiger partial charge in [-0.3, -0.25) is 0 Å². The number of hydrogen-bond donors (Lipinski definition) is 0. The van der Waals surface area contributed by atoms with E-state index in [1.807, 2.05) is 60.7 Å². The van der Waals surface area contributed by atoms with E-state index in [-0.39, 0.29) is 47.4 Å². The summed E-state index contributed by atoms with van der Waals surface area (Å²) in [5, 5.41) is 5.42. The van der Waals surface area contributed by atoms with Crippen LogP contribution in [0.15, 0.2) is 174 Å². The summed E-state index contributed by atoms with van der Waals surface area (Å²) in [5.41, 5.74) is 6.24. The SMILES string of the molecule is [2H]c1c([2H])c([2H])c(-c2ccc(-c3c4ccccc4c(-c4ccc5c(c4)oc4cccc(-c6c([2H])c([2H])c([2H])c([2H])c6[2H])c45)c4ccccc34)cc2)c([2H])c1[2H]. The minimum Gasteiger partial charge on any atom is -0.456 e. The summed E-state index contributed by atoms with van der Waals surface area (Å²) in [6.45, 7) is 0. The van der Waals surface area contributed by atoms with Gasteiger partial charge < -0.3 is 4.42 Å². The molecule has 0 bridgehead atoms. The van der Waals surface area contributed by atoms with Crippen LogP contribution in [-0.2, 0) is 0 Å². The molecule has 0 atom stereocenters. The maximum absolute atomic E-state index is 8.64. The highest BCUT2D eigenvalue weighted by atomic mass is 16.3. The molecule has 0 fully saturated rings. The number of benzene rings is 8. The van der Waals surface area contributed by atoms with E-state index in [0.717, 1.165) is 49.2 Å². The zero-order valence-electron chi connectivity index (χ0n) is 33.8. The molecule has 45 heavy (non-hydrogen) atoms. The third kappa shape index (κ3) is 4.17. The molecule has 0 aliphatic rings. The molecule has 0 spiro atoms. The average Bonchev–Trinajstić information content (AvgIpc) is 3.59. The summed E-state index contributed by atoms with van der Waals surface area (Å²) in [7, 11) is 0. The van der Waals surface area contributed by atoms with Crippen molar-refractivity contribution in [1.29, 1.82) is 0 Å². The first kappa shape index (κ1) is 17.4. The van der Waals surface area contributed by atoms with Crippen LogP contribution in [0.2, 0.25) is 0 Å². The molecular formula is C44H28O. The summed E-state index contributed by atoms with van der Waals surface area (Å²) in [6, 6.07) is 31.7. The molecule has 0 saturated heterocycles. The van der Waals surface area contributed by atoms with Gasteiger partial charge in [-0.05, 0) is 84.3 Å². The standard InChI is InChI=1S/C44H28O/c1-3-12-29(13-4-1)30-22-24-32(25-23-30)42-35-16-7-9-18-37(35)43(38-19-10-8-17-36(38)42)33-26-27-39-41(28-33)45-40-21-11-20-34(44(39)40)31-14-5-2-6-15-31/h1-28H/i1D,2D,3D,4D,5D,6D,12D,13D,14D,15D. The third-order valence-electron chi connectivity index (χ3n) is 8.45. The van der Waals surface area contributed by atoms with Crippen molar-refractivity contribution in [2.75, 3.05) is 0 Å². The molecular weight excluding hydrogens is 544 g/mol. The quantitative estimate of drug-likeness (QED) is 0.188. The van der Waals surface area contributed by atoms with Gasteiger partial charge in [-0.1, -0.05) is 151 Å². The zero-order valence-corrected chi connectivity index (χ0v) is 23.8. The van der Waals surface area contributed by atoms with E-state index in [1.54, 1.807) is 24.3 Å². The molecule has 0 N–H and O–H groups in total. The fourth-order valence-electron chi connectivity index (χ4n) is 6.52. The largest absolute Gasteiger partial charge is 0.456 e. The lowest BCUT2D eigenvalue weighted by molar-refractivity contribution is 0.669. The molecule has 0 saturated carbocycles. The van der Waals surface area contributed by atoms with E-state index in [0.29, 0.717) is 27.7 Å². The number of fused-ring (bicyclic) bond motifs is 5. The Bertz CT molecular complexity index is 2980. The van der Waals surface area contributed by atoms with E-state index < -0.39 is 24.2 Å². The third-order valence-corrected chi connectivity index (χ3v) is 8.45. The highest BCUT2D eigenvalue weighted by molar-refractivity contribution is 6.22. The topological polar surface area (TPSA) is 13.1 Å². The van der Waals surface area contributed by atoms with E-state index in [9.17, 15) is 0 Å². The molecule has 0 amide bonds. The Kier molecular flexibility index (Phi) is 4.01. The monoisotopic (exact) mass is 582 g/mol. The van der Waals surface area contributed by atoms with Crippen LogP contribution in [0, 0.1) is 0 Å². The van der Waals surface area contributed by atoms with Gasteiger partial charge in [0.15, 0.2) is 0 Å². The maximum atomic E-state index is 8.64. The first-order chi connectivity index (χ1) is 26.5. The van der Waals surface area contributed by atoms with Crippen molar-refractivity contribution >= 4 is 43.5 Å². The summed E-state index contributed by atoms with van der Waals surface area (Å²) < 4.78 is 89.5. The van der Waals surface area contributed by atoms with Crippen molar-refractivity contribution in [3.63, 3.8) is 0 Å². The van der Waals surface area contributed by atoms with Gasteiger partial charge in [0.1, 0.15) is 11.2 Å². The highest BCUT2D eigenvalue weighted by Gasteiger charge is 2.18. The van der Waals surface area contributed by atoms with Crippen LogP contribution in [-0.4, -0.2) is 0 Å². The van der Waals surface area contributed by atoms with Gasteiger partial charge in [-0.15, -0.1) is 0 Å². The predicted molar refractivity (Wildman–Crippen MR) is 190 cm³/mol. The second-order valence-electron chi connectivity index (χ2n) is 10.9. The molecule has 0 aliphatic heterocycles. The van der Waals surface area contributed by atoms with Crippen LogP contribution >= 0.6 is 0 Å². The lowest BCUT2D eigenvalue weighted by Crippen LogP contribution is -1.91. The lowest BCUT2D eigenvalue weighted by Gasteiger charge is -2.18. The average molecular weight is 583 g/mol. The number of rotatable bonds is 4. The van der Waals surface area contributed by atoms with Crippen LogP contribution in [0.1, 0.15) is 13.7 Å². The summed E-state index contributed by atoms with van der Waals surface area (Å²) >= 11 is 0. The van der Waals surface area contributed by atoms with Crippen LogP contribution in [0.5, 0.6) is 0 Å². The van der Waals surface area contributed by atoms with Crippen molar-refractivity contribution in [3.05, 3.63) is 170 Å². The van der Waals surface area contributed by atoms with Crippen molar-refractivity contribution in [3.8, 4) is 44.5 Å². The van der Waals surface area contributed by atoms with Crippen molar-refractivity contribution in [2.45, 2.75) is 0 Å². The van der Waals surface area contributed by atoms with E-state index in [2.05, 4.69) is 24.3 Å². The molecule has 1 heteroatoms. The van der Waals surface area contributed by atoms with E-state index in [1.165, 1.54) is 0 Å². The lowest BCUT2D eigenvalue weighted by atomic mass is 9.85. The van der Waals surface area contributed by atoms with Crippen molar-refractivity contribution < 1.29 is 18.1 Å². The van der Waals surface area contributed by atoms with Gasteiger partial charge in [-0.2, -0.15) is 0 Å². The molecule has 9 aromatic rings. The predicted octanol–water partition coefficient (Wildman–Crippen LogP) is 12.6. The Hall–Kier alpha value is -5.92. The van der Waals surface area contributed by atoms with Crippen LogP contribution in [0.3, 0.4) is 0 Å². The van der Waals surface area contributed by atoms with Gasteiger partial charge in [0.25, 0.3) is 0 Å². The molecule has 1 heterocycles. The first-order valence-corrected chi connectivity index (χ1v) is 14.6.